The standard InChI is InChI=1S/C22H23N3O4/c1-16(25(27)28)12-17-13-19-8-10-24(21(19)20(14-17)15-23)9-5-11-29-22(26)18-6-3-2-4-7-18/h2-4,6-7,13-14,16H,5,8-12H2,1H3. The molecule has 0 amide bonds. The summed E-state index contributed by atoms with van der Waals surface area (Å²) in [6.07, 6.45) is 1.77. The molecule has 2 aromatic carbocycles. The first-order chi connectivity index (χ1) is 14.0. The Bertz CT molecular complexity index is 937. The second-order valence-electron chi connectivity index (χ2n) is 7.19. The van der Waals surface area contributed by atoms with E-state index in [1.54, 1.807) is 37.3 Å². The van der Waals surface area contributed by atoms with Crippen LogP contribution in [0.1, 0.15) is 40.4 Å². The molecule has 1 heterocycles. The number of carbonyl (C=O) groups excluding carboxylic acids is 1. The molecular weight excluding hydrogens is 370 g/mol. The molecule has 0 aromatic heterocycles. The van der Waals surface area contributed by atoms with Crippen LogP contribution in [0.25, 0.3) is 0 Å². The van der Waals surface area contributed by atoms with Crippen molar-refractivity contribution < 1.29 is 14.5 Å². The zero-order chi connectivity index (χ0) is 20.8. The molecule has 0 N–H and O–H groups in total. The Morgan fingerprint density at radius 1 is 1.34 bits per heavy atom. The summed E-state index contributed by atoms with van der Waals surface area (Å²) in [5, 5.41) is 20.5. The van der Waals surface area contributed by atoms with Gasteiger partial charge in [0.05, 0.1) is 23.4 Å². The van der Waals surface area contributed by atoms with Gasteiger partial charge >= 0.3 is 5.97 Å². The van der Waals surface area contributed by atoms with Gasteiger partial charge in [0, 0.05) is 31.4 Å². The minimum Gasteiger partial charge on any atom is -0.462 e. The Labute approximate surface area is 169 Å². The summed E-state index contributed by atoms with van der Waals surface area (Å²) in [7, 11) is 0. The Kier molecular flexibility index (Phi) is 6.45. The third-order valence-electron chi connectivity index (χ3n) is 5.04. The zero-order valence-corrected chi connectivity index (χ0v) is 16.3. The van der Waals surface area contributed by atoms with E-state index in [-0.39, 0.29) is 10.9 Å². The third kappa shape index (κ3) is 4.91. The molecule has 0 fully saturated rings. The number of rotatable bonds is 8. The number of hydrogen-bond donors (Lipinski definition) is 0. The maximum absolute atomic E-state index is 12.0. The molecule has 1 aliphatic rings. The first-order valence-electron chi connectivity index (χ1n) is 9.66. The van der Waals surface area contributed by atoms with Gasteiger partial charge in [-0.1, -0.05) is 24.3 Å². The molecule has 1 unspecified atom stereocenters. The van der Waals surface area contributed by atoms with Crippen molar-refractivity contribution in [3.63, 3.8) is 0 Å². The van der Waals surface area contributed by atoms with Gasteiger partial charge in [-0.2, -0.15) is 5.26 Å². The number of fused-ring (bicyclic) bond motifs is 1. The lowest BCUT2D eigenvalue weighted by molar-refractivity contribution is -0.517. The number of anilines is 1. The number of esters is 1. The van der Waals surface area contributed by atoms with E-state index < -0.39 is 6.04 Å². The zero-order valence-electron chi connectivity index (χ0n) is 16.3. The fraction of sp³-hybridized carbons (Fsp3) is 0.364. The summed E-state index contributed by atoms with van der Waals surface area (Å²) in [5.41, 5.74) is 3.85. The van der Waals surface area contributed by atoms with Crippen LogP contribution in [0.15, 0.2) is 42.5 Å². The monoisotopic (exact) mass is 393 g/mol. The highest BCUT2D eigenvalue weighted by Gasteiger charge is 2.24. The lowest BCUT2D eigenvalue weighted by Gasteiger charge is -2.21. The SMILES string of the molecule is CC(Cc1cc(C#N)c2c(c1)CCN2CCCOC(=O)c1ccccc1)[N+](=O)[O-]. The van der Waals surface area contributed by atoms with E-state index in [2.05, 4.69) is 11.0 Å². The van der Waals surface area contributed by atoms with Crippen molar-refractivity contribution in [3.05, 3.63) is 74.8 Å². The van der Waals surface area contributed by atoms with Gasteiger partial charge < -0.3 is 9.64 Å². The fourth-order valence-electron chi connectivity index (χ4n) is 3.61. The van der Waals surface area contributed by atoms with Crippen molar-refractivity contribution in [1.82, 2.24) is 0 Å². The average Bonchev–Trinajstić information content (AvgIpc) is 3.14. The molecule has 0 aliphatic carbocycles. The minimum absolute atomic E-state index is 0.303. The number of nitriles is 1. The van der Waals surface area contributed by atoms with Crippen molar-refractivity contribution in [2.24, 2.45) is 0 Å². The second kappa shape index (κ2) is 9.20. The topological polar surface area (TPSA) is 96.5 Å². The van der Waals surface area contributed by atoms with E-state index in [9.17, 15) is 20.2 Å². The molecule has 7 nitrogen and oxygen atoms in total. The van der Waals surface area contributed by atoms with Crippen LogP contribution >= 0.6 is 0 Å². The summed E-state index contributed by atoms with van der Waals surface area (Å²) in [6, 6.07) is 14.2. The van der Waals surface area contributed by atoms with E-state index in [0.717, 1.165) is 29.8 Å². The van der Waals surface area contributed by atoms with E-state index in [4.69, 9.17) is 4.74 Å². The van der Waals surface area contributed by atoms with E-state index in [1.807, 2.05) is 12.1 Å². The minimum atomic E-state index is -0.684. The van der Waals surface area contributed by atoms with E-state index in [0.29, 0.717) is 37.1 Å². The molecule has 7 heteroatoms. The maximum atomic E-state index is 12.0. The maximum Gasteiger partial charge on any atom is 0.338 e. The Morgan fingerprint density at radius 3 is 2.79 bits per heavy atom. The lowest BCUT2D eigenvalue weighted by Crippen LogP contribution is -2.24. The third-order valence-corrected chi connectivity index (χ3v) is 5.04. The fourth-order valence-corrected chi connectivity index (χ4v) is 3.61. The molecule has 150 valence electrons. The van der Waals surface area contributed by atoms with E-state index in [1.165, 1.54) is 0 Å². The Balaban J connectivity index is 1.59. The van der Waals surface area contributed by atoms with Gasteiger partial charge in [-0.15, -0.1) is 0 Å². The lowest BCUT2D eigenvalue weighted by atomic mass is 9.99. The van der Waals surface area contributed by atoms with Gasteiger partial charge in [-0.25, -0.2) is 4.79 Å². The number of ether oxygens (including phenoxy) is 1. The summed E-state index contributed by atoms with van der Waals surface area (Å²) < 4.78 is 5.32. The summed E-state index contributed by atoms with van der Waals surface area (Å²) in [4.78, 5) is 24.7. The van der Waals surface area contributed by atoms with Crippen LogP contribution in [0.2, 0.25) is 0 Å². The van der Waals surface area contributed by atoms with Gasteiger partial charge in [0.1, 0.15) is 6.07 Å². The predicted molar refractivity (Wildman–Crippen MR) is 109 cm³/mol. The second-order valence-corrected chi connectivity index (χ2v) is 7.19. The molecular formula is C22H23N3O4. The highest BCUT2D eigenvalue weighted by Crippen LogP contribution is 2.33. The van der Waals surface area contributed by atoms with Crippen LogP contribution in [0.5, 0.6) is 0 Å². The molecule has 1 atom stereocenters. The van der Waals surface area contributed by atoms with Crippen LogP contribution < -0.4 is 4.90 Å². The summed E-state index contributed by atoms with van der Waals surface area (Å²) in [6.45, 7) is 3.33. The van der Waals surface area contributed by atoms with Crippen LogP contribution in [-0.2, 0) is 17.6 Å². The van der Waals surface area contributed by atoms with Crippen LogP contribution in [0, 0.1) is 21.4 Å². The van der Waals surface area contributed by atoms with Gasteiger partial charge in [-0.3, -0.25) is 10.1 Å². The Morgan fingerprint density at radius 2 is 2.10 bits per heavy atom. The summed E-state index contributed by atoms with van der Waals surface area (Å²) in [5.74, 6) is -0.338. The van der Waals surface area contributed by atoms with Crippen molar-refractivity contribution in [2.75, 3.05) is 24.6 Å². The quantitative estimate of drug-likeness (QED) is 0.295. The van der Waals surface area contributed by atoms with Gasteiger partial charge in [0.15, 0.2) is 0 Å². The number of nitro groups is 1. The highest BCUT2D eigenvalue weighted by atomic mass is 16.6. The van der Waals surface area contributed by atoms with E-state index >= 15 is 0 Å². The first kappa shape index (κ1) is 20.3. The van der Waals surface area contributed by atoms with Crippen LogP contribution in [0.4, 0.5) is 5.69 Å². The Hall–Kier alpha value is -3.40. The van der Waals surface area contributed by atoms with Gasteiger partial charge in [-0.05, 0) is 42.2 Å². The molecule has 3 rings (SSSR count). The number of benzene rings is 2. The summed E-state index contributed by atoms with van der Waals surface area (Å²) >= 11 is 0. The van der Waals surface area contributed by atoms with Gasteiger partial charge in [0.25, 0.3) is 0 Å². The van der Waals surface area contributed by atoms with Crippen molar-refractivity contribution in [1.29, 1.82) is 5.26 Å². The average molecular weight is 393 g/mol. The van der Waals surface area contributed by atoms with Crippen molar-refractivity contribution >= 4 is 11.7 Å². The molecule has 1 aliphatic heterocycles. The largest absolute Gasteiger partial charge is 0.462 e. The molecule has 0 spiro atoms. The number of carbonyl (C=O) groups is 1. The van der Waals surface area contributed by atoms with Crippen LogP contribution in [-0.4, -0.2) is 36.6 Å². The van der Waals surface area contributed by atoms with Gasteiger partial charge in [0.2, 0.25) is 6.04 Å². The molecule has 0 bridgehead atoms. The van der Waals surface area contributed by atoms with Crippen molar-refractivity contribution in [2.45, 2.75) is 32.2 Å². The van der Waals surface area contributed by atoms with Crippen LogP contribution in [0.3, 0.4) is 0 Å². The molecule has 0 saturated carbocycles. The molecule has 29 heavy (non-hydrogen) atoms. The number of hydrogen-bond acceptors (Lipinski definition) is 6. The predicted octanol–water partition coefficient (Wildman–Crippen LogP) is 3.38. The normalized spacial score (nSPS) is 13.4. The molecule has 2 aromatic rings. The van der Waals surface area contributed by atoms with Crippen molar-refractivity contribution in [3.8, 4) is 6.07 Å². The molecule has 0 saturated heterocycles. The smallest absolute Gasteiger partial charge is 0.338 e. The first-order valence-corrected chi connectivity index (χ1v) is 9.66. The number of nitrogens with zero attached hydrogens (tertiary/aromatic N) is 3. The highest BCUT2D eigenvalue weighted by molar-refractivity contribution is 5.89. The molecule has 0 radical (unpaired) electrons.